The molecule has 5 aromatic rings. The fourth-order valence-corrected chi connectivity index (χ4v) is 5.78. The summed E-state index contributed by atoms with van der Waals surface area (Å²) in [6.07, 6.45) is 2.21. The number of ether oxygens (including phenoxy) is 1. The Morgan fingerprint density at radius 3 is 2.29 bits per heavy atom. The summed E-state index contributed by atoms with van der Waals surface area (Å²) in [6, 6.07) is 20.2. The lowest BCUT2D eigenvalue weighted by molar-refractivity contribution is -0.659. The van der Waals surface area contributed by atoms with Crippen molar-refractivity contribution in [2.24, 2.45) is 7.05 Å². The second-order valence-corrected chi connectivity index (χ2v) is 11.2. The Bertz CT molecular complexity index is 1650. The Labute approximate surface area is 201 Å². The highest BCUT2D eigenvalue weighted by atomic mass is 16.5. The standard InChI is InChI=1S/C32H32NO/c1-18(2)27-23-11-9-8-10-22(23)19(3)28-30-29-24(14-15-33(30)7)25-17-21(32(4,5)6)13-12-20(25)16-26(29)34-31(27)28/h8-18H,1-7H3/q+1. The molecule has 170 valence electrons. The predicted octanol–water partition coefficient (Wildman–Crippen LogP) is 8.47. The Hall–Kier alpha value is -3.39. The van der Waals surface area contributed by atoms with Crippen LogP contribution < -0.4 is 9.30 Å². The van der Waals surface area contributed by atoms with Crippen molar-refractivity contribution in [3.8, 4) is 22.8 Å². The summed E-state index contributed by atoms with van der Waals surface area (Å²) in [5.41, 5.74) is 6.51. The van der Waals surface area contributed by atoms with Crippen molar-refractivity contribution in [2.75, 3.05) is 0 Å². The van der Waals surface area contributed by atoms with E-state index >= 15 is 0 Å². The second-order valence-electron chi connectivity index (χ2n) is 11.2. The third kappa shape index (κ3) is 2.84. The number of aryl methyl sites for hydroxylation is 2. The van der Waals surface area contributed by atoms with Crippen LogP contribution in [0.2, 0.25) is 0 Å². The van der Waals surface area contributed by atoms with E-state index in [4.69, 9.17) is 4.74 Å². The topological polar surface area (TPSA) is 13.1 Å². The second kappa shape index (κ2) is 7.06. The fourth-order valence-electron chi connectivity index (χ4n) is 5.78. The zero-order chi connectivity index (χ0) is 23.9. The molecule has 2 heterocycles. The summed E-state index contributed by atoms with van der Waals surface area (Å²) in [7, 11) is 2.16. The largest absolute Gasteiger partial charge is 0.455 e. The maximum atomic E-state index is 6.88. The van der Waals surface area contributed by atoms with E-state index in [0.717, 1.165) is 11.5 Å². The monoisotopic (exact) mass is 446 g/mol. The molecule has 0 N–H and O–H groups in total. The average Bonchev–Trinajstić information content (AvgIpc) is 2.79. The molecular formula is C32H32NO+. The lowest BCUT2D eigenvalue weighted by Gasteiger charge is -2.27. The number of fused-ring (bicyclic) bond motifs is 5. The van der Waals surface area contributed by atoms with E-state index in [-0.39, 0.29) is 5.41 Å². The van der Waals surface area contributed by atoms with Crippen molar-refractivity contribution >= 4 is 32.3 Å². The van der Waals surface area contributed by atoms with Gasteiger partial charge in [0.2, 0.25) is 5.69 Å². The smallest absolute Gasteiger partial charge is 0.228 e. The SMILES string of the molecule is Cc1c2c(c(C(C)C)c3ccccc13)Oc1cc3ccc(C(C)(C)C)cc3c3cc[n+](C)c-2c13. The molecule has 2 nitrogen and oxygen atoms in total. The van der Waals surface area contributed by atoms with Gasteiger partial charge in [0.05, 0.1) is 10.9 Å². The number of aromatic nitrogens is 1. The molecule has 0 unspecified atom stereocenters. The van der Waals surface area contributed by atoms with Crippen LogP contribution in [0.1, 0.15) is 57.2 Å². The lowest BCUT2D eigenvalue weighted by atomic mass is 9.83. The minimum atomic E-state index is 0.100. The molecule has 1 aliphatic rings. The van der Waals surface area contributed by atoms with Gasteiger partial charge in [0, 0.05) is 17.0 Å². The highest BCUT2D eigenvalue weighted by Gasteiger charge is 2.34. The van der Waals surface area contributed by atoms with Gasteiger partial charge in [0.15, 0.2) is 6.20 Å². The van der Waals surface area contributed by atoms with Crippen LogP contribution in [0.3, 0.4) is 0 Å². The normalized spacial score (nSPS) is 13.1. The number of nitrogens with zero attached hydrogens (tertiary/aromatic N) is 1. The van der Waals surface area contributed by atoms with E-state index in [2.05, 4.69) is 114 Å². The zero-order valence-corrected chi connectivity index (χ0v) is 21.2. The summed E-state index contributed by atoms with van der Waals surface area (Å²) >= 11 is 0. The first kappa shape index (κ1) is 21.2. The Kier molecular flexibility index (Phi) is 4.39. The van der Waals surface area contributed by atoms with Crippen LogP contribution in [0.4, 0.5) is 0 Å². The van der Waals surface area contributed by atoms with Crippen LogP contribution in [0, 0.1) is 6.92 Å². The van der Waals surface area contributed by atoms with E-state index in [1.807, 2.05) is 0 Å². The van der Waals surface area contributed by atoms with Crippen LogP contribution in [0.5, 0.6) is 11.5 Å². The van der Waals surface area contributed by atoms with Crippen molar-refractivity contribution in [2.45, 2.75) is 52.9 Å². The summed E-state index contributed by atoms with van der Waals surface area (Å²) in [5.74, 6) is 2.33. The van der Waals surface area contributed by atoms with Gasteiger partial charge in [-0.2, -0.15) is 0 Å². The first-order chi connectivity index (χ1) is 16.2. The van der Waals surface area contributed by atoms with E-state index in [1.54, 1.807) is 0 Å². The van der Waals surface area contributed by atoms with Crippen molar-refractivity contribution in [1.29, 1.82) is 0 Å². The molecule has 0 aliphatic carbocycles. The van der Waals surface area contributed by atoms with Crippen molar-refractivity contribution in [1.82, 2.24) is 0 Å². The summed E-state index contributed by atoms with van der Waals surface area (Å²) in [5, 5.41) is 7.59. The van der Waals surface area contributed by atoms with Gasteiger partial charge in [-0.15, -0.1) is 0 Å². The molecule has 4 aromatic carbocycles. The summed E-state index contributed by atoms with van der Waals surface area (Å²) in [4.78, 5) is 0. The first-order valence-electron chi connectivity index (χ1n) is 12.3. The highest BCUT2D eigenvalue weighted by Crippen LogP contribution is 2.53. The first-order valence-corrected chi connectivity index (χ1v) is 12.3. The van der Waals surface area contributed by atoms with Gasteiger partial charge in [0.25, 0.3) is 0 Å². The molecule has 2 heteroatoms. The van der Waals surface area contributed by atoms with Crippen molar-refractivity contribution < 1.29 is 9.30 Å². The van der Waals surface area contributed by atoms with Crippen molar-refractivity contribution in [3.63, 3.8) is 0 Å². The van der Waals surface area contributed by atoms with E-state index in [1.165, 1.54) is 60.3 Å². The molecular weight excluding hydrogens is 414 g/mol. The number of hydrogen-bond acceptors (Lipinski definition) is 1. The van der Waals surface area contributed by atoms with Gasteiger partial charge >= 0.3 is 0 Å². The zero-order valence-electron chi connectivity index (χ0n) is 21.2. The van der Waals surface area contributed by atoms with Crippen LogP contribution in [0.15, 0.2) is 60.8 Å². The van der Waals surface area contributed by atoms with Gasteiger partial charge in [-0.3, -0.25) is 0 Å². The minimum absolute atomic E-state index is 0.100. The molecule has 0 amide bonds. The summed E-state index contributed by atoms with van der Waals surface area (Å²) in [6.45, 7) is 13.6. The third-order valence-electron chi connectivity index (χ3n) is 7.56. The molecule has 6 rings (SSSR count). The fraction of sp³-hybridized carbons (Fsp3) is 0.281. The van der Waals surface area contributed by atoms with Crippen LogP contribution in [-0.2, 0) is 12.5 Å². The van der Waals surface area contributed by atoms with Crippen LogP contribution >= 0.6 is 0 Å². The van der Waals surface area contributed by atoms with Gasteiger partial charge < -0.3 is 4.74 Å². The van der Waals surface area contributed by atoms with E-state index in [0.29, 0.717) is 5.92 Å². The number of hydrogen-bond donors (Lipinski definition) is 0. The molecule has 1 aromatic heterocycles. The molecule has 0 atom stereocenters. The molecule has 1 aliphatic heterocycles. The quantitative estimate of drug-likeness (QED) is 0.182. The van der Waals surface area contributed by atoms with Gasteiger partial charge in [-0.1, -0.05) is 71.0 Å². The average molecular weight is 447 g/mol. The maximum Gasteiger partial charge on any atom is 0.228 e. The molecule has 0 fully saturated rings. The lowest BCUT2D eigenvalue weighted by Crippen LogP contribution is -2.32. The molecule has 0 radical (unpaired) electrons. The van der Waals surface area contributed by atoms with Gasteiger partial charge in [-0.05, 0) is 63.1 Å². The van der Waals surface area contributed by atoms with Gasteiger partial charge in [-0.25, -0.2) is 4.57 Å². The van der Waals surface area contributed by atoms with Crippen LogP contribution in [0.25, 0.3) is 43.6 Å². The number of pyridine rings is 1. The molecule has 0 bridgehead atoms. The van der Waals surface area contributed by atoms with Crippen LogP contribution in [-0.4, -0.2) is 0 Å². The molecule has 0 spiro atoms. The van der Waals surface area contributed by atoms with E-state index in [9.17, 15) is 0 Å². The Balaban J connectivity index is 1.81. The molecule has 0 saturated carbocycles. The Morgan fingerprint density at radius 1 is 0.853 bits per heavy atom. The molecule has 34 heavy (non-hydrogen) atoms. The summed E-state index contributed by atoms with van der Waals surface area (Å²) < 4.78 is 9.15. The number of benzene rings is 4. The Morgan fingerprint density at radius 2 is 1.59 bits per heavy atom. The maximum absolute atomic E-state index is 6.88. The predicted molar refractivity (Wildman–Crippen MR) is 143 cm³/mol. The minimum Gasteiger partial charge on any atom is -0.455 e. The molecule has 0 saturated heterocycles. The van der Waals surface area contributed by atoms with E-state index < -0.39 is 0 Å². The number of rotatable bonds is 1. The highest BCUT2D eigenvalue weighted by molar-refractivity contribution is 6.16. The third-order valence-corrected chi connectivity index (χ3v) is 7.56. The van der Waals surface area contributed by atoms with Gasteiger partial charge in [0.1, 0.15) is 18.5 Å². The van der Waals surface area contributed by atoms with Crippen molar-refractivity contribution in [3.05, 3.63) is 77.5 Å².